The number of rotatable bonds is 7. The van der Waals surface area contributed by atoms with Gasteiger partial charge in [-0.15, -0.1) is 12.4 Å². The minimum atomic E-state index is -0.157. The van der Waals surface area contributed by atoms with E-state index in [9.17, 15) is 9.59 Å². The van der Waals surface area contributed by atoms with Crippen molar-refractivity contribution in [2.45, 2.75) is 25.8 Å². The maximum absolute atomic E-state index is 12.3. The summed E-state index contributed by atoms with van der Waals surface area (Å²) in [6.45, 7) is 3.86. The van der Waals surface area contributed by atoms with Crippen LogP contribution in [0.4, 0.5) is 0 Å². The Labute approximate surface area is 144 Å². The molecule has 0 radical (unpaired) electrons. The van der Waals surface area contributed by atoms with E-state index in [2.05, 4.69) is 10.6 Å². The van der Waals surface area contributed by atoms with Crippen LogP contribution in [0.5, 0.6) is 0 Å². The maximum atomic E-state index is 12.3. The van der Waals surface area contributed by atoms with Crippen molar-refractivity contribution in [2.24, 2.45) is 5.92 Å². The van der Waals surface area contributed by atoms with E-state index < -0.39 is 0 Å². The minimum Gasteiger partial charge on any atom is -0.347 e. The predicted molar refractivity (Wildman–Crippen MR) is 93.5 cm³/mol. The summed E-state index contributed by atoms with van der Waals surface area (Å²) in [5.74, 6) is 0.0822. The minimum absolute atomic E-state index is 0. The normalized spacial score (nSPS) is 16.6. The predicted octanol–water partition coefficient (Wildman–Crippen LogP) is 1.74. The third-order valence-corrected chi connectivity index (χ3v) is 4.05. The molecule has 0 spiro atoms. The zero-order valence-corrected chi connectivity index (χ0v) is 14.6. The maximum Gasteiger partial charge on any atom is 0.224 e. The van der Waals surface area contributed by atoms with E-state index in [0.29, 0.717) is 19.5 Å². The van der Waals surface area contributed by atoms with Crippen molar-refractivity contribution in [3.8, 4) is 0 Å². The fraction of sp³-hybridized carbons (Fsp3) is 0.529. The van der Waals surface area contributed by atoms with E-state index in [1.807, 2.05) is 49.2 Å². The van der Waals surface area contributed by atoms with Crippen LogP contribution in [-0.2, 0) is 9.59 Å². The van der Waals surface area contributed by atoms with Crippen LogP contribution in [0.15, 0.2) is 30.3 Å². The van der Waals surface area contributed by atoms with Crippen molar-refractivity contribution in [3.63, 3.8) is 0 Å². The Morgan fingerprint density at radius 3 is 2.57 bits per heavy atom. The molecule has 1 aromatic carbocycles. The van der Waals surface area contributed by atoms with Crippen LogP contribution in [0.2, 0.25) is 0 Å². The Kier molecular flexibility index (Phi) is 8.06. The summed E-state index contributed by atoms with van der Waals surface area (Å²) < 4.78 is 0. The molecule has 1 aliphatic rings. The van der Waals surface area contributed by atoms with Crippen molar-refractivity contribution < 1.29 is 9.59 Å². The SMILES string of the molecule is CNCC(C)C(=O)NC(CN1CCCC1=O)c1ccccc1.Cl. The lowest BCUT2D eigenvalue weighted by Gasteiger charge is -2.26. The summed E-state index contributed by atoms with van der Waals surface area (Å²) in [6.07, 6.45) is 1.52. The molecule has 0 aromatic heterocycles. The molecule has 1 aliphatic heterocycles. The molecule has 0 saturated carbocycles. The molecule has 23 heavy (non-hydrogen) atoms. The molecule has 6 heteroatoms. The van der Waals surface area contributed by atoms with Gasteiger partial charge in [-0.05, 0) is 19.0 Å². The molecule has 2 rings (SSSR count). The van der Waals surface area contributed by atoms with E-state index in [-0.39, 0.29) is 36.2 Å². The van der Waals surface area contributed by atoms with Crippen LogP contribution in [0.3, 0.4) is 0 Å². The summed E-state index contributed by atoms with van der Waals surface area (Å²) in [7, 11) is 1.83. The number of hydrogen-bond acceptors (Lipinski definition) is 3. The number of nitrogens with one attached hydrogen (secondary N) is 2. The first-order valence-corrected chi connectivity index (χ1v) is 7.89. The van der Waals surface area contributed by atoms with Gasteiger partial charge in [-0.2, -0.15) is 0 Å². The number of likely N-dealkylation sites (tertiary alicyclic amines) is 1. The monoisotopic (exact) mass is 339 g/mol. The Morgan fingerprint density at radius 1 is 1.30 bits per heavy atom. The second-order valence-corrected chi connectivity index (χ2v) is 5.87. The molecule has 2 N–H and O–H groups in total. The molecule has 1 heterocycles. The number of nitrogens with zero attached hydrogens (tertiary/aromatic N) is 1. The molecule has 2 atom stereocenters. The lowest BCUT2D eigenvalue weighted by molar-refractivity contribution is -0.129. The Balaban J connectivity index is 0.00000264. The summed E-state index contributed by atoms with van der Waals surface area (Å²) in [5.41, 5.74) is 1.03. The topological polar surface area (TPSA) is 61.4 Å². The summed E-state index contributed by atoms with van der Waals surface area (Å²) >= 11 is 0. The zero-order valence-electron chi connectivity index (χ0n) is 13.7. The van der Waals surface area contributed by atoms with E-state index >= 15 is 0 Å². The third-order valence-electron chi connectivity index (χ3n) is 4.05. The van der Waals surface area contributed by atoms with Crippen molar-refractivity contribution in [1.29, 1.82) is 0 Å². The van der Waals surface area contributed by atoms with Crippen molar-refractivity contribution in [3.05, 3.63) is 35.9 Å². The van der Waals surface area contributed by atoms with Crippen LogP contribution in [0.25, 0.3) is 0 Å². The first-order valence-electron chi connectivity index (χ1n) is 7.89. The van der Waals surface area contributed by atoms with E-state index in [4.69, 9.17) is 0 Å². The number of amides is 2. The molecule has 1 aromatic rings. The highest BCUT2D eigenvalue weighted by molar-refractivity contribution is 5.85. The van der Waals surface area contributed by atoms with Gasteiger partial charge in [-0.25, -0.2) is 0 Å². The Hall–Kier alpha value is -1.59. The number of hydrogen-bond donors (Lipinski definition) is 2. The second-order valence-electron chi connectivity index (χ2n) is 5.87. The van der Waals surface area contributed by atoms with Crippen LogP contribution in [0, 0.1) is 5.92 Å². The molecule has 1 fully saturated rings. The first kappa shape index (κ1) is 19.5. The quantitative estimate of drug-likeness (QED) is 0.795. The molecule has 0 bridgehead atoms. The highest BCUT2D eigenvalue weighted by atomic mass is 35.5. The van der Waals surface area contributed by atoms with Crippen LogP contribution in [0.1, 0.15) is 31.4 Å². The van der Waals surface area contributed by atoms with Gasteiger partial charge in [0.25, 0.3) is 0 Å². The Morgan fingerprint density at radius 2 is 2.00 bits per heavy atom. The fourth-order valence-electron chi connectivity index (χ4n) is 2.75. The number of halogens is 1. The second kappa shape index (κ2) is 9.53. The highest BCUT2D eigenvalue weighted by Crippen LogP contribution is 2.19. The highest BCUT2D eigenvalue weighted by Gasteiger charge is 2.26. The lowest BCUT2D eigenvalue weighted by Crippen LogP contribution is -2.42. The average Bonchev–Trinajstić information content (AvgIpc) is 2.93. The molecule has 2 unspecified atom stereocenters. The van der Waals surface area contributed by atoms with Gasteiger partial charge >= 0.3 is 0 Å². The van der Waals surface area contributed by atoms with Gasteiger partial charge in [-0.1, -0.05) is 37.3 Å². The fourth-order valence-corrected chi connectivity index (χ4v) is 2.75. The summed E-state index contributed by atoms with van der Waals surface area (Å²) in [5, 5.41) is 6.11. The molecule has 1 saturated heterocycles. The molecule has 5 nitrogen and oxygen atoms in total. The molecule has 2 amide bonds. The van der Waals surface area contributed by atoms with Gasteiger partial charge in [0.1, 0.15) is 0 Å². The smallest absolute Gasteiger partial charge is 0.224 e. The van der Waals surface area contributed by atoms with Crippen molar-refractivity contribution >= 4 is 24.2 Å². The number of carbonyl (C=O) groups excluding carboxylic acids is 2. The van der Waals surface area contributed by atoms with E-state index in [1.54, 1.807) is 0 Å². The number of benzene rings is 1. The summed E-state index contributed by atoms with van der Waals surface area (Å²) in [6, 6.07) is 9.69. The van der Waals surface area contributed by atoms with Crippen LogP contribution >= 0.6 is 12.4 Å². The number of carbonyl (C=O) groups is 2. The molecule has 0 aliphatic carbocycles. The van der Waals surface area contributed by atoms with Crippen LogP contribution < -0.4 is 10.6 Å². The van der Waals surface area contributed by atoms with E-state index in [1.165, 1.54) is 0 Å². The molecular formula is C17H26ClN3O2. The van der Waals surface area contributed by atoms with Crippen molar-refractivity contribution in [2.75, 3.05) is 26.7 Å². The first-order chi connectivity index (χ1) is 10.6. The van der Waals surface area contributed by atoms with Gasteiger partial charge in [0.2, 0.25) is 11.8 Å². The lowest BCUT2D eigenvalue weighted by atomic mass is 10.0. The van der Waals surface area contributed by atoms with Gasteiger partial charge in [-0.3, -0.25) is 9.59 Å². The van der Waals surface area contributed by atoms with Gasteiger partial charge in [0.05, 0.1) is 6.04 Å². The van der Waals surface area contributed by atoms with Crippen LogP contribution in [-0.4, -0.2) is 43.4 Å². The van der Waals surface area contributed by atoms with Crippen molar-refractivity contribution in [1.82, 2.24) is 15.5 Å². The van der Waals surface area contributed by atoms with Gasteiger partial charge in [0.15, 0.2) is 0 Å². The largest absolute Gasteiger partial charge is 0.347 e. The standard InChI is InChI=1S/C17H25N3O2.ClH/c1-13(11-18-2)17(22)19-15(14-7-4-3-5-8-14)12-20-10-6-9-16(20)21;/h3-5,7-8,13,15,18H,6,9-12H2,1-2H3,(H,19,22);1H. The van der Waals surface area contributed by atoms with Gasteiger partial charge in [0, 0.05) is 32.0 Å². The molecule has 128 valence electrons. The average molecular weight is 340 g/mol. The summed E-state index contributed by atoms with van der Waals surface area (Å²) in [4.78, 5) is 26.0. The molecular weight excluding hydrogens is 314 g/mol. The van der Waals surface area contributed by atoms with Gasteiger partial charge < -0.3 is 15.5 Å². The Bertz CT molecular complexity index is 510. The zero-order chi connectivity index (χ0) is 15.9. The third kappa shape index (κ3) is 5.52. The van der Waals surface area contributed by atoms with E-state index in [0.717, 1.165) is 18.5 Å².